The molecule has 0 aromatic heterocycles. The van der Waals surface area contributed by atoms with Gasteiger partial charge in [0.25, 0.3) is 0 Å². The van der Waals surface area contributed by atoms with Crippen molar-refractivity contribution in [2.45, 2.75) is 19.4 Å². The van der Waals surface area contributed by atoms with E-state index in [1.807, 2.05) is 14.1 Å². The summed E-state index contributed by atoms with van der Waals surface area (Å²) in [5.74, 6) is 0.367. The van der Waals surface area contributed by atoms with Gasteiger partial charge in [0, 0.05) is 25.2 Å². The first-order chi connectivity index (χ1) is 6.43. The van der Waals surface area contributed by atoms with Crippen LogP contribution in [0, 0.1) is 5.92 Å². The Labute approximate surface area is 86.0 Å². The Morgan fingerprint density at radius 2 is 2.07 bits per heavy atom. The minimum atomic E-state index is 0.0207. The highest BCUT2D eigenvalue weighted by Crippen LogP contribution is 2.09. The number of nitrogens with one attached hydrogen (secondary N) is 2. The van der Waals surface area contributed by atoms with Gasteiger partial charge in [-0.1, -0.05) is 0 Å². The molecule has 1 aliphatic heterocycles. The highest BCUT2D eigenvalue weighted by Gasteiger charge is 2.27. The molecule has 0 aliphatic carbocycles. The highest BCUT2D eigenvalue weighted by atomic mass is 16.2. The van der Waals surface area contributed by atoms with Crippen LogP contribution in [-0.2, 0) is 4.79 Å². The number of nitrogens with zero attached hydrogens (tertiary/aromatic N) is 1. The molecule has 1 amide bonds. The molecule has 0 bridgehead atoms. The minimum Gasteiger partial charge on any atom is -0.354 e. The third kappa shape index (κ3) is 2.69. The van der Waals surface area contributed by atoms with Crippen LogP contribution in [0.3, 0.4) is 0 Å². The second-order valence-corrected chi connectivity index (χ2v) is 4.78. The summed E-state index contributed by atoms with van der Waals surface area (Å²) in [6.07, 6.45) is 0. The fourth-order valence-electron chi connectivity index (χ4n) is 1.08. The van der Waals surface area contributed by atoms with Crippen LogP contribution in [0.2, 0.25) is 0 Å². The van der Waals surface area contributed by atoms with Crippen LogP contribution in [-0.4, -0.2) is 50.1 Å². The van der Waals surface area contributed by atoms with Gasteiger partial charge >= 0.3 is 0 Å². The fourth-order valence-corrected chi connectivity index (χ4v) is 1.08. The molecule has 1 rings (SSSR count). The van der Waals surface area contributed by atoms with Crippen molar-refractivity contribution in [3.8, 4) is 0 Å². The maximum atomic E-state index is 11.5. The number of hydrogen-bond donors (Lipinski definition) is 2. The van der Waals surface area contributed by atoms with Crippen LogP contribution in [0.25, 0.3) is 0 Å². The number of hydrogen-bond acceptors (Lipinski definition) is 3. The fraction of sp³-hybridized carbons (Fsp3) is 0.900. The number of amides is 1. The van der Waals surface area contributed by atoms with E-state index in [1.54, 1.807) is 0 Å². The molecule has 0 radical (unpaired) electrons. The van der Waals surface area contributed by atoms with E-state index in [9.17, 15) is 4.79 Å². The van der Waals surface area contributed by atoms with Crippen LogP contribution in [0.4, 0.5) is 0 Å². The van der Waals surface area contributed by atoms with E-state index in [1.165, 1.54) is 0 Å². The van der Waals surface area contributed by atoms with E-state index in [4.69, 9.17) is 0 Å². The normalized spacial score (nSPS) is 18.1. The second-order valence-electron chi connectivity index (χ2n) is 4.78. The van der Waals surface area contributed by atoms with E-state index in [2.05, 4.69) is 29.4 Å². The van der Waals surface area contributed by atoms with Gasteiger partial charge in [-0.15, -0.1) is 0 Å². The van der Waals surface area contributed by atoms with Gasteiger partial charge in [0.2, 0.25) is 5.91 Å². The van der Waals surface area contributed by atoms with Crippen LogP contribution in [0.1, 0.15) is 13.8 Å². The molecule has 1 fully saturated rings. The van der Waals surface area contributed by atoms with Crippen LogP contribution in [0.15, 0.2) is 0 Å². The van der Waals surface area contributed by atoms with Crippen LogP contribution < -0.4 is 10.6 Å². The molecule has 0 aromatic rings. The Kier molecular flexibility index (Phi) is 3.50. The monoisotopic (exact) mass is 199 g/mol. The lowest BCUT2D eigenvalue weighted by Crippen LogP contribution is -2.54. The van der Waals surface area contributed by atoms with Crippen LogP contribution in [0.5, 0.6) is 0 Å². The summed E-state index contributed by atoms with van der Waals surface area (Å²) in [4.78, 5) is 13.6. The summed E-state index contributed by atoms with van der Waals surface area (Å²) < 4.78 is 0. The zero-order valence-electron chi connectivity index (χ0n) is 9.55. The molecule has 2 N–H and O–H groups in total. The van der Waals surface area contributed by atoms with Gasteiger partial charge in [0.1, 0.15) is 0 Å². The van der Waals surface area contributed by atoms with Gasteiger partial charge in [0.15, 0.2) is 0 Å². The summed E-state index contributed by atoms with van der Waals surface area (Å²) >= 11 is 0. The average Bonchev–Trinajstić information content (AvgIpc) is 1.97. The van der Waals surface area contributed by atoms with Gasteiger partial charge in [0.05, 0.1) is 5.92 Å². The maximum Gasteiger partial charge on any atom is 0.225 e. The molecule has 1 heterocycles. The first-order valence-corrected chi connectivity index (χ1v) is 5.09. The molecule has 4 nitrogen and oxygen atoms in total. The van der Waals surface area contributed by atoms with E-state index in [-0.39, 0.29) is 17.4 Å². The second kappa shape index (κ2) is 4.28. The standard InChI is InChI=1S/C10H21N3O/c1-10(2,13(3)4)7-12-9(14)8-5-11-6-8/h8,11H,5-7H2,1-4H3,(H,12,14). The van der Waals surface area contributed by atoms with E-state index in [0.29, 0.717) is 6.54 Å². The van der Waals surface area contributed by atoms with Crippen molar-refractivity contribution < 1.29 is 4.79 Å². The number of likely N-dealkylation sites (N-methyl/N-ethyl adjacent to an activating group) is 1. The predicted octanol–water partition coefficient (Wildman–Crippen LogP) is -0.338. The highest BCUT2D eigenvalue weighted by molar-refractivity contribution is 5.80. The number of rotatable bonds is 4. The summed E-state index contributed by atoms with van der Waals surface area (Å²) in [6.45, 7) is 6.59. The van der Waals surface area contributed by atoms with Crippen molar-refractivity contribution in [3.63, 3.8) is 0 Å². The number of carbonyl (C=O) groups excluding carboxylic acids is 1. The van der Waals surface area contributed by atoms with Crippen molar-refractivity contribution in [2.24, 2.45) is 5.92 Å². The Hall–Kier alpha value is -0.610. The first-order valence-electron chi connectivity index (χ1n) is 5.09. The molecule has 82 valence electrons. The van der Waals surface area contributed by atoms with Crippen molar-refractivity contribution in [1.29, 1.82) is 0 Å². The molecule has 14 heavy (non-hydrogen) atoms. The van der Waals surface area contributed by atoms with Crippen molar-refractivity contribution in [2.75, 3.05) is 33.7 Å². The summed E-state index contributed by atoms with van der Waals surface area (Å²) in [5, 5.41) is 6.08. The smallest absolute Gasteiger partial charge is 0.225 e. The van der Waals surface area contributed by atoms with Gasteiger partial charge in [-0.2, -0.15) is 0 Å². The summed E-state index contributed by atoms with van der Waals surface area (Å²) in [6, 6.07) is 0. The SMILES string of the molecule is CN(C)C(C)(C)CNC(=O)C1CNC1. The van der Waals surface area contributed by atoms with Crippen LogP contribution >= 0.6 is 0 Å². The molecule has 0 unspecified atom stereocenters. The zero-order valence-corrected chi connectivity index (χ0v) is 9.55. The van der Waals surface area contributed by atoms with Gasteiger partial charge in [-0.25, -0.2) is 0 Å². The molecule has 0 spiro atoms. The van der Waals surface area contributed by atoms with Crippen molar-refractivity contribution >= 4 is 5.91 Å². The lowest BCUT2D eigenvalue weighted by molar-refractivity contribution is -0.126. The Morgan fingerprint density at radius 1 is 1.50 bits per heavy atom. The first kappa shape index (κ1) is 11.5. The lowest BCUT2D eigenvalue weighted by Gasteiger charge is -2.34. The minimum absolute atomic E-state index is 0.0207. The van der Waals surface area contributed by atoms with Crippen molar-refractivity contribution in [3.05, 3.63) is 0 Å². The van der Waals surface area contributed by atoms with Gasteiger partial charge in [-0.3, -0.25) is 4.79 Å². The Morgan fingerprint density at radius 3 is 2.43 bits per heavy atom. The largest absolute Gasteiger partial charge is 0.354 e. The van der Waals surface area contributed by atoms with E-state index >= 15 is 0 Å². The topological polar surface area (TPSA) is 44.4 Å². The maximum absolute atomic E-state index is 11.5. The molecular weight excluding hydrogens is 178 g/mol. The summed E-state index contributed by atoms with van der Waals surface area (Å²) in [5.41, 5.74) is 0.0207. The zero-order chi connectivity index (χ0) is 10.8. The molecule has 0 saturated carbocycles. The molecule has 0 atom stereocenters. The average molecular weight is 199 g/mol. The molecule has 1 aliphatic rings. The molecule has 0 aromatic carbocycles. The third-order valence-corrected chi connectivity index (χ3v) is 3.06. The summed E-state index contributed by atoms with van der Waals surface area (Å²) in [7, 11) is 4.05. The van der Waals surface area contributed by atoms with E-state index in [0.717, 1.165) is 13.1 Å². The number of carbonyl (C=O) groups is 1. The third-order valence-electron chi connectivity index (χ3n) is 3.06. The lowest BCUT2D eigenvalue weighted by atomic mass is 10.0. The van der Waals surface area contributed by atoms with E-state index < -0.39 is 0 Å². The molecule has 1 saturated heterocycles. The van der Waals surface area contributed by atoms with Gasteiger partial charge in [-0.05, 0) is 27.9 Å². The predicted molar refractivity (Wildman–Crippen MR) is 57.1 cm³/mol. The molecular formula is C10H21N3O. The Balaban J connectivity index is 2.28. The molecule has 4 heteroatoms. The van der Waals surface area contributed by atoms with Crippen molar-refractivity contribution in [1.82, 2.24) is 15.5 Å². The Bertz CT molecular complexity index is 209. The van der Waals surface area contributed by atoms with Gasteiger partial charge < -0.3 is 15.5 Å². The quantitative estimate of drug-likeness (QED) is 0.651.